The fourth-order valence-electron chi connectivity index (χ4n) is 2.04. The maximum Gasteiger partial charge on any atom is 0.253 e. The van der Waals surface area contributed by atoms with Gasteiger partial charge in [0.2, 0.25) is 11.8 Å². The van der Waals surface area contributed by atoms with Crippen LogP contribution in [0.3, 0.4) is 0 Å². The topological polar surface area (TPSA) is 91.1 Å². The first-order chi connectivity index (χ1) is 9.85. The zero-order valence-corrected chi connectivity index (χ0v) is 12.6. The van der Waals surface area contributed by atoms with Gasteiger partial charge in [-0.05, 0) is 31.9 Å². The number of H-pyrrole nitrogens is 1. The molecule has 1 aromatic rings. The molecule has 0 saturated heterocycles. The molecule has 1 rings (SSSR count). The maximum absolute atomic E-state index is 12.0. The lowest BCUT2D eigenvalue weighted by molar-refractivity contribution is -0.128. The molecule has 21 heavy (non-hydrogen) atoms. The van der Waals surface area contributed by atoms with Crippen LogP contribution in [0, 0.1) is 13.8 Å². The largest absolute Gasteiger partial charge is 0.350 e. The predicted molar refractivity (Wildman–Crippen MR) is 80.8 cm³/mol. The molecule has 0 aliphatic rings. The number of hydrogen-bond acceptors (Lipinski definition) is 3. The molecule has 6 nitrogen and oxygen atoms in total. The van der Waals surface area contributed by atoms with Crippen LogP contribution in [0.2, 0.25) is 0 Å². The molecule has 1 heterocycles. The molecule has 0 radical (unpaired) electrons. The van der Waals surface area contributed by atoms with E-state index < -0.39 is 6.04 Å². The fourth-order valence-corrected chi connectivity index (χ4v) is 2.04. The van der Waals surface area contributed by atoms with Crippen molar-refractivity contribution in [3.05, 3.63) is 45.9 Å². The van der Waals surface area contributed by atoms with Crippen molar-refractivity contribution in [1.82, 2.24) is 15.6 Å². The standard InChI is InChI=1S/C15H21N3O3/c1-5-6-13(18-11(4)19)15(21)16-8-12-9(2)7-10(3)17-14(12)20/h5,7,13H,1,6,8H2,2-4H3,(H,16,21)(H,17,20)(H,18,19)/t13-/m0/s1. The Balaban J connectivity index is 2.77. The first-order valence-corrected chi connectivity index (χ1v) is 6.70. The van der Waals surface area contributed by atoms with E-state index in [1.54, 1.807) is 13.0 Å². The van der Waals surface area contributed by atoms with Gasteiger partial charge in [0.1, 0.15) is 6.04 Å². The predicted octanol–water partition coefficient (Wildman–Crippen LogP) is 0.689. The van der Waals surface area contributed by atoms with E-state index in [1.807, 2.05) is 13.0 Å². The molecular weight excluding hydrogens is 270 g/mol. The summed E-state index contributed by atoms with van der Waals surface area (Å²) >= 11 is 0. The van der Waals surface area contributed by atoms with E-state index in [9.17, 15) is 14.4 Å². The highest BCUT2D eigenvalue weighted by Crippen LogP contribution is 2.03. The molecule has 3 N–H and O–H groups in total. The third-order valence-corrected chi connectivity index (χ3v) is 3.03. The second-order valence-corrected chi connectivity index (χ2v) is 4.94. The summed E-state index contributed by atoms with van der Waals surface area (Å²) in [6, 6.07) is 1.17. The quantitative estimate of drug-likeness (QED) is 0.673. The molecule has 0 fully saturated rings. The van der Waals surface area contributed by atoms with Gasteiger partial charge < -0.3 is 15.6 Å². The average Bonchev–Trinajstić information content (AvgIpc) is 2.36. The van der Waals surface area contributed by atoms with Crippen LogP contribution in [0.25, 0.3) is 0 Å². The van der Waals surface area contributed by atoms with Crippen LogP contribution in [0.4, 0.5) is 0 Å². The van der Waals surface area contributed by atoms with Crippen LogP contribution < -0.4 is 16.2 Å². The van der Waals surface area contributed by atoms with Crippen molar-refractivity contribution in [3.8, 4) is 0 Å². The van der Waals surface area contributed by atoms with E-state index in [-0.39, 0.29) is 23.9 Å². The first-order valence-electron chi connectivity index (χ1n) is 6.70. The van der Waals surface area contributed by atoms with Crippen LogP contribution in [0.15, 0.2) is 23.5 Å². The molecular formula is C15H21N3O3. The molecule has 2 amide bonds. The number of aryl methyl sites for hydroxylation is 2. The smallest absolute Gasteiger partial charge is 0.253 e. The van der Waals surface area contributed by atoms with Gasteiger partial charge in [0.05, 0.1) is 0 Å². The van der Waals surface area contributed by atoms with E-state index in [2.05, 4.69) is 22.2 Å². The van der Waals surface area contributed by atoms with Gasteiger partial charge in [0.15, 0.2) is 0 Å². The number of rotatable bonds is 6. The van der Waals surface area contributed by atoms with Crippen molar-refractivity contribution < 1.29 is 9.59 Å². The number of hydrogen-bond donors (Lipinski definition) is 3. The van der Waals surface area contributed by atoms with E-state index in [0.717, 1.165) is 11.3 Å². The Kier molecular flexibility index (Phi) is 5.90. The number of carbonyl (C=O) groups is 2. The molecule has 0 unspecified atom stereocenters. The van der Waals surface area contributed by atoms with E-state index in [1.165, 1.54) is 6.92 Å². The molecule has 0 spiro atoms. The van der Waals surface area contributed by atoms with Crippen molar-refractivity contribution in [1.29, 1.82) is 0 Å². The third-order valence-electron chi connectivity index (χ3n) is 3.03. The summed E-state index contributed by atoms with van der Waals surface area (Å²) < 4.78 is 0. The number of carbonyl (C=O) groups excluding carboxylic acids is 2. The van der Waals surface area contributed by atoms with Gasteiger partial charge in [0.25, 0.3) is 5.56 Å². The Bertz CT molecular complexity index is 605. The van der Waals surface area contributed by atoms with E-state index in [0.29, 0.717) is 12.0 Å². The molecule has 6 heteroatoms. The Morgan fingerprint density at radius 1 is 1.43 bits per heavy atom. The summed E-state index contributed by atoms with van der Waals surface area (Å²) in [5.41, 5.74) is 1.88. The Morgan fingerprint density at radius 2 is 2.10 bits per heavy atom. The lowest BCUT2D eigenvalue weighted by Gasteiger charge is -2.16. The molecule has 1 atom stereocenters. The Labute approximate surface area is 123 Å². The number of pyridine rings is 1. The average molecular weight is 291 g/mol. The summed E-state index contributed by atoms with van der Waals surface area (Å²) in [4.78, 5) is 37.7. The highest BCUT2D eigenvalue weighted by molar-refractivity contribution is 5.86. The Hall–Kier alpha value is -2.37. The lowest BCUT2D eigenvalue weighted by Crippen LogP contribution is -2.46. The van der Waals surface area contributed by atoms with Crippen LogP contribution in [-0.4, -0.2) is 22.8 Å². The normalized spacial score (nSPS) is 11.6. The fraction of sp³-hybridized carbons (Fsp3) is 0.400. The molecule has 114 valence electrons. The second kappa shape index (κ2) is 7.42. The molecule has 1 aromatic heterocycles. The van der Waals surface area contributed by atoms with E-state index >= 15 is 0 Å². The van der Waals surface area contributed by atoms with Gasteiger partial charge in [-0.2, -0.15) is 0 Å². The Morgan fingerprint density at radius 3 is 2.62 bits per heavy atom. The van der Waals surface area contributed by atoms with Crippen molar-refractivity contribution in [2.45, 2.75) is 39.8 Å². The van der Waals surface area contributed by atoms with Crippen LogP contribution >= 0.6 is 0 Å². The van der Waals surface area contributed by atoms with Gasteiger partial charge in [-0.3, -0.25) is 14.4 Å². The monoisotopic (exact) mass is 291 g/mol. The molecule has 0 aliphatic heterocycles. The number of amides is 2. The number of nitrogens with one attached hydrogen (secondary N) is 3. The highest BCUT2D eigenvalue weighted by Gasteiger charge is 2.18. The third kappa shape index (κ3) is 4.91. The van der Waals surface area contributed by atoms with Crippen LogP contribution in [-0.2, 0) is 16.1 Å². The first kappa shape index (κ1) is 16.7. The van der Waals surface area contributed by atoms with Crippen molar-refractivity contribution in [3.63, 3.8) is 0 Å². The minimum Gasteiger partial charge on any atom is -0.350 e. The summed E-state index contributed by atoms with van der Waals surface area (Å²) in [6.45, 7) is 8.64. The van der Waals surface area contributed by atoms with Gasteiger partial charge in [-0.25, -0.2) is 0 Å². The molecule has 0 saturated carbocycles. The van der Waals surface area contributed by atoms with E-state index in [4.69, 9.17) is 0 Å². The minimum atomic E-state index is -0.676. The summed E-state index contributed by atoms with van der Waals surface area (Å²) in [5.74, 6) is -0.633. The summed E-state index contributed by atoms with van der Waals surface area (Å²) in [6.07, 6.45) is 1.89. The van der Waals surface area contributed by atoms with Gasteiger partial charge in [-0.1, -0.05) is 6.08 Å². The lowest BCUT2D eigenvalue weighted by atomic mass is 10.1. The van der Waals surface area contributed by atoms with Crippen molar-refractivity contribution >= 4 is 11.8 Å². The highest BCUT2D eigenvalue weighted by atomic mass is 16.2. The zero-order chi connectivity index (χ0) is 16.0. The van der Waals surface area contributed by atoms with Crippen LogP contribution in [0.1, 0.15) is 30.2 Å². The van der Waals surface area contributed by atoms with Crippen molar-refractivity contribution in [2.24, 2.45) is 0 Å². The molecule has 0 bridgehead atoms. The van der Waals surface area contributed by atoms with Crippen molar-refractivity contribution in [2.75, 3.05) is 0 Å². The molecule has 0 aliphatic carbocycles. The second-order valence-electron chi connectivity index (χ2n) is 4.94. The van der Waals surface area contributed by atoms with Gasteiger partial charge >= 0.3 is 0 Å². The SMILES string of the molecule is C=CC[C@H](NC(C)=O)C(=O)NCc1c(C)cc(C)[nH]c1=O. The molecule has 0 aromatic carbocycles. The van der Waals surface area contributed by atoms with Crippen LogP contribution in [0.5, 0.6) is 0 Å². The maximum atomic E-state index is 12.0. The number of aromatic amines is 1. The zero-order valence-electron chi connectivity index (χ0n) is 12.6. The van der Waals surface area contributed by atoms with Gasteiger partial charge in [0, 0.05) is 24.7 Å². The summed E-state index contributed by atoms with van der Waals surface area (Å²) in [7, 11) is 0. The summed E-state index contributed by atoms with van der Waals surface area (Å²) in [5, 5.41) is 5.22. The van der Waals surface area contributed by atoms with Gasteiger partial charge in [-0.15, -0.1) is 6.58 Å². The number of aromatic nitrogens is 1. The minimum absolute atomic E-state index is 0.119.